The zero-order chi connectivity index (χ0) is 14.9. The third kappa shape index (κ3) is 2.67. The lowest BCUT2D eigenvalue weighted by molar-refractivity contribution is 0.358. The highest BCUT2D eigenvalue weighted by atomic mass is 35.5. The summed E-state index contributed by atoms with van der Waals surface area (Å²) in [7, 11) is 0. The quantitative estimate of drug-likeness (QED) is 0.751. The van der Waals surface area contributed by atoms with Crippen molar-refractivity contribution in [1.82, 2.24) is 14.9 Å². The van der Waals surface area contributed by atoms with Gasteiger partial charge in [-0.3, -0.25) is 0 Å². The minimum absolute atomic E-state index is 0.835. The number of nitrogens with one attached hydrogen (secondary N) is 1. The molecule has 2 aromatic heterocycles. The molecule has 0 spiro atoms. The molecule has 0 atom stereocenters. The van der Waals surface area contributed by atoms with Crippen molar-refractivity contribution in [2.75, 3.05) is 0 Å². The number of H-pyrrole nitrogens is 1. The molecule has 3 aromatic rings. The van der Waals surface area contributed by atoms with Crippen LogP contribution >= 0.6 is 22.9 Å². The van der Waals surface area contributed by atoms with Gasteiger partial charge in [-0.25, -0.2) is 4.98 Å². The number of aromatic amines is 1. The van der Waals surface area contributed by atoms with E-state index in [2.05, 4.69) is 45.3 Å². The van der Waals surface area contributed by atoms with E-state index >= 15 is 0 Å². The Morgan fingerprint density at radius 1 is 1.18 bits per heavy atom. The molecule has 0 saturated heterocycles. The molecule has 110 valence electrons. The lowest BCUT2D eigenvalue weighted by Crippen LogP contribution is -2.19. The first-order chi connectivity index (χ1) is 10.8. The highest BCUT2D eigenvalue weighted by Crippen LogP contribution is 2.27. The van der Waals surface area contributed by atoms with Gasteiger partial charge >= 0.3 is 0 Å². The van der Waals surface area contributed by atoms with Gasteiger partial charge in [-0.1, -0.05) is 41.9 Å². The van der Waals surface area contributed by atoms with Gasteiger partial charge in [0.1, 0.15) is 5.82 Å². The summed E-state index contributed by atoms with van der Waals surface area (Å²) in [6.45, 7) is 1.70. The fourth-order valence-electron chi connectivity index (χ4n) is 2.59. The standard InChI is InChI=1S/C17H14ClN3S/c18-16-7-6-13(22-16)10-21-9-8-14-15(11-21)20-17(19-14)12-4-2-1-3-5-12/h1-9H,10-11H2,(H,19,20). The summed E-state index contributed by atoms with van der Waals surface area (Å²) in [5, 5.41) is 0. The Kier molecular flexibility index (Phi) is 3.48. The van der Waals surface area contributed by atoms with Gasteiger partial charge in [0.2, 0.25) is 0 Å². The molecule has 0 saturated carbocycles. The molecule has 0 unspecified atom stereocenters. The third-order valence-electron chi connectivity index (χ3n) is 3.65. The molecule has 3 nitrogen and oxygen atoms in total. The second kappa shape index (κ2) is 5.63. The number of aromatic nitrogens is 2. The van der Waals surface area contributed by atoms with Crippen LogP contribution in [0.3, 0.4) is 0 Å². The molecular formula is C17H14ClN3S. The highest BCUT2D eigenvalue weighted by molar-refractivity contribution is 7.16. The predicted molar refractivity (Wildman–Crippen MR) is 91.6 cm³/mol. The summed E-state index contributed by atoms with van der Waals surface area (Å²) in [6, 6.07) is 14.2. The van der Waals surface area contributed by atoms with Gasteiger partial charge in [0, 0.05) is 16.6 Å². The van der Waals surface area contributed by atoms with Crippen molar-refractivity contribution in [2.24, 2.45) is 0 Å². The van der Waals surface area contributed by atoms with E-state index in [9.17, 15) is 0 Å². The van der Waals surface area contributed by atoms with Gasteiger partial charge in [0.25, 0.3) is 0 Å². The summed E-state index contributed by atoms with van der Waals surface area (Å²) in [5.41, 5.74) is 3.30. The number of halogens is 1. The number of hydrogen-bond donors (Lipinski definition) is 1. The first kappa shape index (κ1) is 13.6. The van der Waals surface area contributed by atoms with Crippen LogP contribution in [0.4, 0.5) is 0 Å². The second-order valence-corrected chi connectivity index (χ2v) is 7.04. The maximum absolute atomic E-state index is 6.00. The predicted octanol–water partition coefficient (Wildman–Crippen LogP) is 4.78. The van der Waals surface area contributed by atoms with Crippen molar-refractivity contribution in [3.8, 4) is 11.4 Å². The van der Waals surface area contributed by atoms with Crippen LogP contribution in [-0.2, 0) is 13.1 Å². The fourth-order valence-corrected chi connectivity index (χ4v) is 3.70. The number of rotatable bonds is 3. The van der Waals surface area contributed by atoms with Crippen LogP contribution in [0.15, 0.2) is 48.7 Å². The highest BCUT2D eigenvalue weighted by Gasteiger charge is 2.16. The largest absolute Gasteiger partial charge is 0.366 e. The first-order valence-corrected chi connectivity index (χ1v) is 8.28. The van der Waals surface area contributed by atoms with Crippen LogP contribution in [-0.4, -0.2) is 14.9 Å². The van der Waals surface area contributed by atoms with Crippen LogP contribution in [0.2, 0.25) is 4.34 Å². The second-order valence-electron chi connectivity index (χ2n) is 5.24. The number of imidazole rings is 1. The molecule has 3 heterocycles. The van der Waals surface area contributed by atoms with Gasteiger partial charge < -0.3 is 9.88 Å². The van der Waals surface area contributed by atoms with Crippen LogP contribution in [0.5, 0.6) is 0 Å². The van der Waals surface area contributed by atoms with E-state index in [1.807, 2.05) is 24.3 Å². The Morgan fingerprint density at radius 3 is 2.82 bits per heavy atom. The van der Waals surface area contributed by atoms with E-state index in [1.54, 1.807) is 11.3 Å². The van der Waals surface area contributed by atoms with Crippen molar-refractivity contribution < 1.29 is 0 Å². The monoisotopic (exact) mass is 327 g/mol. The van der Waals surface area contributed by atoms with E-state index in [0.29, 0.717) is 0 Å². The Morgan fingerprint density at radius 2 is 2.05 bits per heavy atom. The van der Waals surface area contributed by atoms with Gasteiger partial charge in [-0.05, 0) is 18.2 Å². The number of thiophene rings is 1. The first-order valence-electron chi connectivity index (χ1n) is 7.09. The van der Waals surface area contributed by atoms with E-state index < -0.39 is 0 Å². The Hall–Kier alpha value is -2.04. The maximum Gasteiger partial charge on any atom is 0.138 e. The van der Waals surface area contributed by atoms with Crippen molar-refractivity contribution in [3.63, 3.8) is 0 Å². The molecule has 5 heteroatoms. The SMILES string of the molecule is Clc1ccc(CN2C=Cc3nc(-c4ccccc4)[nH]c3C2)s1. The Labute approximate surface area is 137 Å². The summed E-state index contributed by atoms with van der Waals surface area (Å²) in [4.78, 5) is 11.6. The lowest BCUT2D eigenvalue weighted by Gasteiger charge is -2.22. The van der Waals surface area contributed by atoms with Crippen molar-refractivity contribution in [3.05, 3.63) is 69.3 Å². The van der Waals surface area contributed by atoms with Crippen molar-refractivity contribution in [1.29, 1.82) is 0 Å². The van der Waals surface area contributed by atoms with Crippen LogP contribution in [0, 0.1) is 0 Å². The average Bonchev–Trinajstić information content (AvgIpc) is 3.14. The number of hydrogen-bond acceptors (Lipinski definition) is 3. The van der Waals surface area contributed by atoms with Crippen LogP contribution in [0.25, 0.3) is 17.5 Å². The molecule has 0 amide bonds. The molecule has 0 radical (unpaired) electrons. The summed E-state index contributed by atoms with van der Waals surface area (Å²) < 4.78 is 0.838. The molecule has 1 aliphatic heterocycles. The van der Waals surface area contributed by atoms with Gasteiger partial charge in [0.15, 0.2) is 0 Å². The number of benzene rings is 1. The lowest BCUT2D eigenvalue weighted by atomic mass is 10.2. The van der Waals surface area contributed by atoms with E-state index in [0.717, 1.165) is 40.2 Å². The molecule has 0 bridgehead atoms. The van der Waals surface area contributed by atoms with Gasteiger partial charge in [-0.15, -0.1) is 11.3 Å². The molecule has 1 aliphatic rings. The zero-order valence-corrected chi connectivity index (χ0v) is 13.4. The summed E-state index contributed by atoms with van der Waals surface area (Å²) >= 11 is 7.62. The number of fused-ring (bicyclic) bond motifs is 1. The summed E-state index contributed by atoms with van der Waals surface area (Å²) in [6.07, 6.45) is 4.17. The van der Waals surface area contributed by atoms with Gasteiger partial charge in [0.05, 0.1) is 28.8 Å². The maximum atomic E-state index is 6.00. The van der Waals surface area contributed by atoms with E-state index in [1.165, 1.54) is 4.88 Å². The van der Waals surface area contributed by atoms with E-state index in [-0.39, 0.29) is 0 Å². The topological polar surface area (TPSA) is 31.9 Å². The Balaban J connectivity index is 1.55. The van der Waals surface area contributed by atoms with Crippen LogP contribution < -0.4 is 0 Å². The van der Waals surface area contributed by atoms with Crippen molar-refractivity contribution in [2.45, 2.75) is 13.1 Å². The molecule has 0 aliphatic carbocycles. The van der Waals surface area contributed by atoms with Gasteiger partial charge in [-0.2, -0.15) is 0 Å². The Bertz CT molecular complexity index is 820. The molecular weight excluding hydrogens is 314 g/mol. The normalized spacial score (nSPS) is 13.4. The molecule has 1 aromatic carbocycles. The van der Waals surface area contributed by atoms with Crippen molar-refractivity contribution >= 4 is 29.0 Å². The average molecular weight is 328 g/mol. The van der Waals surface area contributed by atoms with E-state index in [4.69, 9.17) is 11.6 Å². The molecule has 1 N–H and O–H groups in total. The zero-order valence-electron chi connectivity index (χ0n) is 11.8. The minimum Gasteiger partial charge on any atom is -0.366 e. The fraction of sp³-hybridized carbons (Fsp3) is 0.118. The molecule has 0 fully saturated rings. The molecule has 22 heavy (non-hydrogen) atoms. The third-order valence-corrected chi connectivity index (χ3v) is 4.87. The van der Waals surface area contributed by atoms with Crippen LogP contribution in [0.1, 0.15) is 16.3 Å². The molecule has 4 rings (SSSR count). The minimum atomic E-state index is 0.835. The smallest absolute Gasteiger partial charge is 0.138 e. The summed E-state index contributed by atoms with van der Waals surface area (Å²) in [5.74, 6) is 0.927. The number of nitrogens with zero attached hydrogens (tertiary/aromatic N) is 2.